The molecule has 0 spiro atoms. The summed E-state index contributed by atoms with van der Waals surface area (Å²) in [5.74, 6) is 0.0788. The Morgan fingerprint density at radius 1 is 1.41 bits per heavy atom. The molecule has 2 nitrogen and oxygen atoms in total. The zero-order valence-electron chi connectivity index (χ0n) is 10.9. The highest BCUT2D eigenvalue weighted by molar-refractivity contribution is 5.29. The Balaban J connectivity index is 2.39. The van der Waals surface area contributed by atoms with Crippen LogP contribution >= 0.6 is 0 Å². The Kier molecular flexibility index (Phi) is 5.98. The molecule has 0 saturated heterocycles. The zero-order valence-corrected chi connectivity index (χ0v) is 10.9. The van der Waals surface area contributed by atoms with Gasteiger partial charge in [-0.1, -0.05) is 13.0 Å². The van der Waals surface area contributed by atoms with Crippen LogP contribution < -0.4 is 10.1 Å². The summed E-state index contributed by atoms with van der Waals surface area (Å²) in [6, 6.07) is 4.95. The van der Waals surface area contributed by atoms with Gasteiger partial charge in [-0.25, -0.2) is 4.39 Å². The largest absolute Gasteiger partial charge is 0.488 e. The van der Waals surface area contributed by atoms with Crippen LogP contribution in [-0.2, 0) is 0 Å². The Morgan fingerprint density at radius 3 is 2.88 bits per heavy atom. The maximum absolute atomic E-state index is 13.4. The molecule has 17 heavy (non-hydrogen) atoms. The van der Waals surface area contributed by atoms with Gasteiger partial charge in [0.15, 0.2) is 11.6 Å². The number of nitrogens with one attached hydrogen (secondary N) is 1. The predicted molar refractivity (Wildman–Crippen MR) is 69.0 cm³/mol. The van der Waals surface area contributed by atoms with Gasteiger partial charge in [0.05, 0.1) is 6.10 Å². The van der Waals surface area contributed by atoms with Gasteiger partial charge in [0.2, 0.25) is 0 Å². The van der Waals surface area contributed by atoms with Crippen molar-refractivity contribution in [3.63, 3.8) is 0 Å². The van der Waals surface area contributed by atoms with Crippen molar-refractivity contribution >= 4 is 0 Å². The maximum atomic E-state index is 13.4. The number of ether oxygens (including phenoxy) is 1. The number of aryl methyl sites for hydroxylation is 1. The van der Waals surface area contributed by atoms with Gasteiger partial charge < -0.3 is 10.1 Å². The maximum Gasteiger partial charge on any atom is 0.165 e. The monoisotopic (exact) mass is 239 g/mol. The molecule has 0 aliphatic heterocycles. The first-order valence-corrected chi connectivity index (χ1v) is 6.27. The third-order valence-electron chi connectivity index (χ3n) is 2.63. The first-order chi connectivity index (χ1) is 8.13. The summed E-state index contributed by atoms with van der Waals surface area (Å²) in [7, 11) is 0. The minimum Gasteiger partial charge on any atom is -0.488 e. The summed E-state index contributed by atoms with van der Waals surface area (Å²) < 4.78 is 19.0. The van der Waals surface area contributed by atoms with E-state index < -0.39 is 0 Å². The SMILES string of the molecule is CCNCCCC(C)Oc1cc(C)ccc1F. The van der Waals surface area contributed by atoms with Crippen molar-refractivity contribution in [3.8, 4) is 5.75 Å². The van der Waals surface area contributed by atoms with E-state index in [4.69, 9.17) is 4.74 Å². The van der Waals surface area contributed by atoms with Crippen molar-refractivity contribution in [2.45, 2.75) is 39.7 Å². The molecule has 0 bridgehead atoms. The Bertz CT molecular complexity index is 341. The number of benzene rings is 1. The van der Waals surface area contributed by atoms with Gasteiger partial charge in [-0.15, -0.1) is 0 Å². The Hall–Kier alpha value is -1.09. The molecule has 0 fully saturated rings. The number of rotatable bonds is 7. The molecule has 0 aliphatic carbocycles. The highest BCUT2D eigenvalue weighted by atomic mass is 19.1. The third kappa shape index (κ3) is 5.18. The lowest BCUT2D eigenvalue weighted by atomic mass is 10.2. The van der Waals surface area contributed by atoms with Crippen LogP contribution in [0.5, 0.6) is 5.75 Å². The van der Waals surface area contributed by atoms with Crippen molar-refractivity contribution < 1.29 is 9.13 Å². The molecule has 3 heteroatoms. The van der Waals surface area contributed by atoms with Gasteiger partial charge >= 0.3 is 0 Å². The molecule has 1 unspecified atom stereocenters. The van der Waals surface area contributed by atoms with Crippen LogP contribution in [0.25, 0.3) is 0 Å². The van der Waals surface area contributed by atoms with E-state index in [9.17, 15) is 4.39 Å². The molecule has 0 saturated carbocycles. The molecule has 1 aromatic rings. The standard InChI is InChI=1S/C14H22FNO/c1-4-16-9-5-6-12(3)17-14-10-11(2)7-8-13(14)15/h7-8,10,12,16H,4-6,9H2,1-3H3. The number of halogens is 1. The molecule has 1 rings (SSSR count). The highest BCUT2D eigenvalue weighted by Crippen LogP contribution is 2.20. The average Bonchev–Trinajstić information content (AvgIpc) is 2.29. The lowest BCUT2D eigenvalue weighted by molar-refractivity contribution is 0.198. The molecule has 96 valence electrons. The smallest absolute Gasteiger partial charge is 0.165 e. The number of hydrogen-bond donors (Lipinski definition) is 1. The van der Waals surface area contributed by atoms with Gasteiger partial charge in [-0.2, -0.15) is 0 Å². The van der Waals surface area contributed by atoms with Crippen LogP contribution in [0.2, 0.25) is 0 Å². The summed E-state index contributed by atoms with van der Waals surface area (Å²) in [4.78, 5) is 0. The quantitative estimate of drug-likeness (QED) is 0.737. The lowest BCUT2D eigenvalue weighted by Crippen LogP contribution is -2.18. The van der Waals surface area contributed by atoms with E-state index in [0.717, 1.165) is 31.5 Å². The van der Waals surface area contributed by atoms with Crippen LogP contribution in [0.1, 0.15) is 32.3 Å². The van der Waals surface area contributed by atoms with E-state index in [1.807, 2.05) is 13.8 Å². The van der Waals surface area contributed by atoms with E-state index in [-0.39, 0.29) is 11.9 Å². The van der Waals surface area contributed by atoms with Gasteiger partial charge in [-0.05, 0) is 57.5 Å². The van der Waals surface area contributed by atoms with Crippen molar-refractivity contribution in [1.82, 2.24) is 5.32 Å². The summed E-state index contributed by atoms with van der Waals surface area (Å²) in [5.41, 5.74) is 1.02. The second-order valence-corrected chi connectivity index (χ2v) is 4.36. The number of hydrogen-bond acceptors (Lipinski definition) is 2. The Labute approximate surface area is 103 Å². The van der Waals surface area contributed by atoms with Crippen LogP contribution in [0.15, 0.2) is 18.2 Å². The fraction of sp³-hybridized carbons (Fsp3) is 0.571. The highest BCUT2D eigenvalue weighted by Gasteiger charge is 2.08. The van der Waals surface area contributed by atoms with E-state index in [0.29, 0.717) is 5.75 Å². The third-order valence-corrected chi connectivity index (χ3v) is 2.63. The molecule has 0 heterocycles. The van der Waals surface area contributed by atoms with Crippen molar-refractivity contribution in [1.29, 1.82) is 0 Å². The molecular weight excluding hydrogens is 217 g/mol. The van der Waals surface area contributed by atoms with Crippen LogP contribution in [0.3, 0.4) is 0 Å². The van der Waals surface area contributed by atoms with Crippen LogP contribution in [-0.4, -0.2) is 19.2 Å². The molecule has 1 atom stereocenters. The zero-order chi connectivity index (χ0) is 12.7. The molecule has 0 aliphatic rings. The summed E-state index contributed by atoms with van der Waals surface area (Å²) >= 11 is 0. The van der Waals surface area contributed by atoms with Gasteiger partial charge in [0.25, 0.3) is 0 Å². The van der Waals surface area contributed by atoms with Gasteiger partial charge in [0, 0.05) is 0 Å². The summed E-state index contributed by atoms with van der Waals surface area (Å²) in [5, 5.41) is 3.26. The first kappa shape index (κ1) is 14.0. The minimum atomic E-state index is -0.283. The van der Waals surface area contributed by atoms with Gasteiger partial charge in [-0.3, -0.25) is 0 Å². The normalized spacial score (nSPS) is 12.5. The van der Waals surface area contributed by atoms with E-state index in [2.05, 4.69) is 12.2 Å². The molecular formula is C14H22FNO. The predicted octanol–water partition coefficient (Wildman–Crippen LogP) is 3.29. The molecule has 1 N–H and O–H groups in total. The van der Waals surface area contributed by atoms with Crippen molar-refractivity contribution in [3.05, 3.63) is 29.6 Å². The van der Waals surface area contributed by atoms with E-state index in [1.165, 1.54) is 6.07 Å². The molecule has 0 radical (unpaired) electrons. The summed E-state index contributed by atoms with van der Waals surface area (Å²) in [6.45, 7) is 7.97. The molecule has 1 aromatic carbocycles. The van der Waals surface area contributed by atoms with Crippen molar-refractivity contribution in [2.24, 2.45) is 0 Å². The molecule has 0 aromatic heterocycles. The van der Waals surface area contributed by atoms with Gasteiger partial charge in [0.1, 0.15) is 0 Å². The average molecular weight is 239 g/mol. The van der Waals surface area contributed by atoms with Crippen LogP contribution in [0.4, 0.5) is 4.39 Å². The second kappa shape index (κ2) is 7.28. The minimum absolute atomic E-state index is 0.0463. The molecule has 0 amide bonds. The summed E-state index contributed by atoms with van der Waals surface area (Å²) in [6.07, 6.45) is 2.02. The first-order valence-electron chi connectivity index (χ1n) is 6.27. The lowest BCUT2D eigenvalue weighted by Gasteiger charge is -2.15. The second-order valence-electron chi connectivity index (χ2n) is 4.36. The fourth-order valence-corrected chi connectivity index (χ4v) is 1.67. The Morgan fingerprint density at radius 2 is 2.18 bits per heavy atom. The van der Waals surface area contributed by atoms with Crippen molar-refractivity contribution in [2.75, 3.05) is 13.1 Å². The van der Waals surface area contributed by atoms with E-state index in [1.54, 1.807) is 12.1 Å². The fourth-order valence-electron chi connectivity index (χ4n) is 1.67. The van der Waals surface area contributed by atoms with Crippen LogP contribution in [0, 0.1) is 12.7 Å². The van der Waals surface area contributed by atoms with E-state index >= 15 is 0 Å². The topological polar surface area (TPSA) is 21.3 Å².